The maximum atomic E-state index is 12.8. The lowest BCUT2D eigenvalue weighted by atomic mass is 10.1. The van der Waals surface area contributed by atoms with Gasteiger partial charge in [-0.1, -0.05) is 56.2 Å². The molecule has 2 aromatic rings. The van der Waals surface area contributed by atoms with Crippen molar-refractivity contribution < 1.29 is 9.46 Å². The first-order valence-corrected chi connectivity index (χ1v) is 8.79. The van der Waals surface area contributed by atoms with Gasteiger partial charge in [-0.2, -0.15) is 0 Å². The molecule has 0 saturated carbocycles. The maximum absolute atomic E-state index is 12.8. The summed E-state index contributed by atoms with van der Waals surface area (Å²) in [4.78, 5) is 10.6. The van der Waals surface area contributed by atoms with Crippen LogP contribution in [0.4, 0.5) is 0 Å². The van der Waals surface area contributed by atoms with Gasteiger partial charge >= 0.3 is 0 Å². The summed E-state index contributed by atoms with van der Waals surface area (Å²) in [7, 11) is -3.48. The summed E-state index contributed by atoms with van der Waals surface area (Å²) < 4.78 is 12.8. The molecule has 0 fully saturated rings. The molecule has 1 unspecified atom stereocenters. The molecular formula is C17H21O2P. The molecule has 0 aliphatic carbocycles. The third kappa shape index (κ3) is 3.39. The second-order valence-corrected chi connectivity index (χ2v) is 7.15. The number of rotatable bonds is 6. The summed E-state index contributed by atoms with van der Waals surface area (Å²) in [6.07, 6.45) is 4.22. The molecule has 0 aliphatic rings. The summed E-state index contributed by atoms with van der Waals surface area (Å²) in [5.41, 5.74) is 0.996. The molecule has 106 valence electrons. The Kier molecular flexibility index (Phi) is 5.17. The van der Waals surface area contributed by atoms with E-state index in [0.717, 1.165) is 31.2 Å². The summed E-state index contributed by atoms with van der Waals surface area (Å²) in [5.74, 6) is 0. The van der Waals surface area contributed by atoms with E-state index < -0.39 is 7.37 Å². The van der Waals surface area contributed by atoms with E-state index in [1.165, 1.54) is 0 Å². The predicted octanol–water partition coefficient (Wildman–Crippen LogP) is 3.64. The number of hydrogen-bond donors (Lipinski definition) is 1. The van der Waals surface area contributed by atoms with Gasteiger partial charge in [-0.15, -0.1) is 0 Å². The highest BCUT2D eigenvalue weighted by atomic mass is 31.2. The molecule has 2 aromatic carbocycles. The third-order valence-corrected chi connectivity index (χ3v) is 5.56. The molecule has 0 saturated heterocycles. The minimum atomic E-state index is -3.48. The molecular weight excluding hydrogens is 267 g/mol. The molecule has 3 heteroatoms. The van der Waals surface area contributed by atoms with Crippen molar-refractivity contribution in [3.8, 4) is 0 Å². The summed E-state index contributed by atoms with van der Waals surface area (Å²) >= 11 is 0. The van der Waals surface area contributed by atoms with E-state index in [1.807, 2.05) is 24.3 Å². The molecule has 0 bridgehead atoms. The number of unbranched alkanes of at least 4 members (excludes halogenated alkanes) is 2. The van der Waals surface area contributed by atoms with Crippen LogP contribution in [0.15, 0.2) is 54.6 Å². The third-order valence-electron chi connectivity index (χ3n) is 3.47. The molecule has 0 aromatic heterocycles. The van der Waals surface area contributed by atoms with Crippen molar-refractivity contribution in [2.45, 2.75) is 32.6 Å². The van der Waals surface area contributed by atoms with Crippen LogP contribution in [0.1, 0.15) is 31.7 Å². The van der Waals surface area contributed by atoms with Gasteiger partial charge in [0, 0.05) is 10.6 Å². The van der Waals surface area contributed by atoms with Crippen molar-refractivity contribution >= 4 is 18.0 Å². The van der Waals surface area contributed by atoms with Crippen molar-refractivity contribution in [3.63, 3.8) is 0 Å². The zero-order valence-electron chi connectivity index (χ0n) is 11.8. The Morgan fingerprint density at radius 3 is 2.30 bits per heavy atom. The van der Waals surface area contributed by atoms with Crippen molar-refractivity contribution in [3.05, 3.63) is 60.2 Å². The van der Waals surface area contributed by atoms with Crippen LogP contribution in [0.2, 0.25) is 0 Å². The second kappa shape index (κ2) is 6.88. The standard InChI is InChI=1S/C17H21O2P/c1-2-3-5-10-15-11-8-9-14-17(15)20(18,19)16-12-6-4-7-13-16/h4,6-9,11-14H,2-3,5,10H2,1H3,(H,18,19). The van der Waals surface area contributed by atoms with E-state index in [1.54, 1.807) is 30.3 Å². The molecule has 0 aliphatic heterocycles. The monoisotopic (exact) mass is 288 g/mol. The summed E-state index contributed by atoms with van der Waals surface area (Å²) in [6.45, 7) is 2.16. The lowest BCUT2D eigenvalue weighted by molar-refractivity contribution is 0.500. The predicted molar refractivity (Wildman–Crippen MR) is 85.2 cm³/mol. The first-order valence-electron chi connectivity index (χ1n) is 7.13. The second-order valence-electron chi connectivity index (χ2n) is 5.00. The van der Waals surface area contributed by atoms with Gasteiger partial charge in [-0.3, -0.25) is 4.57 Å². The minimum absolute atomic E-state index is 0.503. The van der Waals surface area contributed by atoms with Gasteiger partial charge < -0.3 is 4.89 Å². The molecule has 0 heterocycles. The molecule has 2 nitrogen and oxygen atoms in total. The SMILES string of the molecule is CCCCCc1ccccc1P(=O)(O)c1ccccc1. The largest absolute Gasteiger partial charge is 0.338 e. The van der Waals surface area contributed by atoms with E-state index in [-0.39, 0.29) is 0 Å². The first kappa shape index (κ1) is 15.0. The zero-order chi connectivity index (χ0) is 14.4. The molecule has 0 spiro atoms. The van der Waals surface area contributed by atoms with E-state index in [0.29, 0.717) is 10.6 Å². The van der Waals surface area contributed by atoms with Crippen molar-refractivity contribution in [1.82, 2.24) is 0 Å². The van der Waals surface area contributed by atoms with E-state index in [2.05, 4.69) is 6.92 Å². The quantitative estimate of drug-likeness (QED) is 0.651. The van der Waals surface area contributed by atoms with Gasteiger partial charge in [0.05, 0.1) is 0 Å². The molecule has 1 N–H and O–H groups in total. The number of aryl methyl sites for hydroxylation is 1. The first-order chi connectivity index (χ1) is 9.66. The lowest BCUT2D eigenvalue weighted by Crippen LogP contribution is -2.19. The Hall–Kier alpha value is -1.37. The smallest absolute Gasteiger partial charge is 0.259 e. The average Bonchev–Trinajstić information content (AvgIpc) is 2.49. The van der Waals surface area contributed by atoms with Crippen molar-refractivity contribution in [2.75, 3.05) is 0 Å². The molecule has 0 radical (unpaired) electrons. The highest BCUT2D eigenvalue weighted by molar-refractivity contribution is 7.73. The molecule has 2 rings (SSSR count). The van der Waals surface area contributed by atoms with Crippen LogP contribution in [0.5, 0.6) is 0 Å². The topological polar surface area (TPSA) is 37.3 Å². The van der Waals surface area contributed by atoms with Crippen LogP contribution >= 0.6 is 7.37 Å². The number of benzene rings is 2. The Morgan fingerprint density at radius 2 is 1.60 bits per heavy atom. The minimum Gasteiger partial charge on any atom is -0.338 e. The normalized spacial score (nSPS) is 13.9. The van der Waals surface area contributed by atoms with Crippen molar-refractivity contribution in [2.24, 2.45) is 0 Å². The fourth-order valence-electron chi connectivity index (χ4n) is 2.35. The summed E-state index contributed by atoms with van der Waals surface area (Å²) in [5, 5.41) is 1.09. The Balaban J connectivity index is 2.34. The highest BCUT2D eigenvalue weighted by Gasteiger charge is 2.26. The van der Waals surface area contributed by atoms with E-state index in [4.69, 9.17) is 0 Å². The van der Waals surface area contributed by atoms with Gasteiger partial charge in [0.25, 0.3) is 7.37 Å². The van der Waals surface area contributed by atoms with Crippen LogP contribution in [0.25, 0.3) is 0 Å². The van der Waals surface area contributed by atoms with Crippen LogP contribution < -0.4 is 10.6 Å². The van der Waals surface area contributed by atoms with Gasteiger partial charge in [0.2, 0.25) is 0 Å². The highest BCUT2D eigenvalue weighted by Crippen LogP contribution is 2.39. The number of hydrogen-bond acceptors (Lipinski definition) is 1. The van der Waals surface area contributed by atoms with Crippen molar-refractivity contribution in [1.29, 1.82) is 0 Å². The van der Waals surface area contributed by atoms with Gasteiger partial charge in [-0.25, -0.2) is 0 Å². The Labute approximate surface area is 120 Å². The summed E-state index contributed by atoms with van der Waals surface area (Å²) in [6, 6.07) is 16.5. The fourth-order valence-corrected chi connectivity index (χ4v) is 4.07. The van der Waals surface area contributed by atoms with Crippen LogP contribution in [-0.2, 0) is 11.0 Å². The van der Waals surface area contributed by atoms with Gasteiger partial charge in [0.1, 0.15) is 0 Å². The van der Waals surface area contributed by atoms with Crippen LogP contribution in [0.3, 0.4) is 0 Å². The van der Waals surface area contributed by atoms with Crippen LogP contribution in [0, 0.1) is 0 Å². The van der Waals surface area contributed by atoms with Crippen LogP contribution in [-0.4, -0.2) is 4.89 Å². The lowest BCUT2D eigenvalue weighted by Gasteiger charge is -2.16. The molecule has 1 atom stereocenters. The van der Waals surface area contributed by atoms with Gasteiger partial charge in [0.15, 0.2) is 0 Å². The average molecular weight is 288 g/mol. The fraction of sp³-hybridized carbons (Fsp3) is 0.294. The molecule has 20 heavy (non-hydrogen) atoms. The Bertz CT molecular complexity index is 593. The van der Waals surface area contributed by atoms with E-state index >= 15 is 0 Å². The maximum Gasteiger partial charge on any atom is 0.259 e. The van der Waals surface area contributed by atoms with E-state index in [9.17, 15) is 9.46 Å². The zero-order valence-corrected chi connectivity index (χ0v) is 12.7. The molecule has 0 amide bonds. The Morgan fingerprint density at radius 1 is 0.950 bits per heavy atom. The van der Waals surface area contributed by atoms with Gasteiger partial charge in [-0.05, 0) is 36.6 Å².